The van der Waals surface area contributed by atoms with Crippen LogP contribution in [0.4, 0.5) is 0 Å². The fourth-order valence-electron chi connectivity index (χ4n) is 1.39. The molecular weight excluding hydrogens is 194 g/mol. The molecule has 1 atom stereocenters. The van der Waals surface area contributed by atoms with Crippen LogP contribution in [-0.4, -0.2) is 17.2 Å². The Kier molecular flexibility index (Phi) is 2.69. The van der Waals surface area contributed by atoms with Gasteiger partial charge in [-0.3, -0.25) is 0 Å². The first-order chi connectivity index (χ1) is 7.33. The lowest BCUT2D eigenvalue weighted by Crippen LogP contribution is -2.02. The Morgan fingerprint density at radius 3 is 3.00 bits per heavy atom. The van der Waals surface area contributed by atoms with Crippen LogP contribution in [0.2, 0.25) is 0 Å². The molecule has 0 saturated heterocycles. The predicted molar refractivity (Wildman–Crippen MR) is 53.6 cm³/mol. The standard InChI is InChI=1S/C11H11NO3/c1-14-11-9(3-2-5-12-11)10(13)8-4-6-15-7-8/h2-7,10,13H,1H3. The molecule has 1 N–H and O–H groups in total. The number of methoxy groups -OCH3 is 1. The molecule has 0 amide bonds. The smallest absolute Gasteiger partial charge is 0.219 e. The average Bonchev–Trinajstić information content (AvgIpc) is 2.81. The van der Waals surface area contributed by atoms with E-state index in [0.29, 0.717) is 17.0 Å². The summed E-state index contributed by atoms with van der Waals surface area (Å²) in [6.07, 6.45) is 3.86. The number of hydrogen-bond acceptors (Lipinski definition) is 4. The minimum Gasteiger partial charge on any atom is -0.481 e. The third-order valence-corrected chi connectivity index (χ3v) is 2.15. The quantitative estimate of drug-likeness (QED) is 0.829. The monoisotopic (exact) mass is 205 g/mol. The zero-order valence-corrected chi connectivity index (χ0v) is 8.25. The molecule has 0 aromatic carbocycles. The lowest BCUT2D eigenvalue weighted by molar-refractivity contribution is 0.212. The number of aromatic nitrogens is 1. The van der Waals surface area contributed by atoms with E-state index >= 15 is 0 Å². The number of nitrogens with zero attached hydrogens (tertiary/aromatic N) is 1. The molecule has 4 heteroatoms. The molecule has 15 heavy (non-hydrogen) atoms. The second-order valence-corrected chi connectivity index (χ2v) is 3.06. The zero-order chi connectivity index (χ0) is 10.7. The van der Waals surface area contributed by atoms with Crippen molar-refractivity contribution in [1.29, 1.82) is 0 Å². The van der Waals surface area contributed by atoms with Gasteiger partial charge in [0.25, 0.3) is 0 Å². The minimum absolute atomic E-state index is 0.422. The number of rotatable bonds is 3. The van der Waals surface area contributed by atoms with Crippen LogP contribution >= 0.6 is 0 Å². The molecule has 0 bridgehead atoms. The van der Waals surface area contributed by atoms with Gasteiger partial charge in [0.1, 0.15) is 6.10 Å². The van der Waals surface area contributed by atoms with Crippen LogP contribution in [0.5, 0.6) is 5.88 Å². The van der Waals surface area contributed by atoms with Crippen LogP contribution < -0.4 is 4.74 Å². The van der Waals surface area contributed by atoms with E-state index in [4.69, 9.17) is 9.15 Å². The highest BCUT2D eigenvalue weighted by Crippen LogP contribution is 2.27. The van der Waals surface area contributed by atoms with Crippen molar-refractivity contribution < 1.29 is 14.3 Å². The Balaban J connectivity index is 2.37. The number of furan rings is 1. The lowest BCUT2D eigenvalue weighted by atomic mass is 10.1. The molecule has 2 aromatic heterocycles. The summed E-state index contributed by atoms with van der Waals surface area (Å²) in [5, 5.41) is 10.0. The topological polar surface area (TPSA) is 55.5 Å². The SMILES string of the molecule is COc1ncccc1C(O)c1ccoc1. The zero-order valence-electron chi connectivity index (χ0n) is 8.25. The Morgan fingerprint density at radius 1 is 1.47 bits per heavy atom. The van der Waals surface area contributed by atoms with E-state index in [1.807, 2.05) is 0 Å². The van der Waals surface area contributed by atoms with Crippen molar-refractivity contribution in [3.63, 3.8) is 0 Å². The molecule has 0 aliphatic heterocycles. The first kappa shape index (κ1) is 9.73. The summed E-state index contributed by atoms with van der Waals surface area (Å²) in [6, 6.07) is 5.22. The average molecular weight is 205 g/mol. The number of aliphatic hydroxyl groups excluding tert-OH is 1. The van der Waals surface area contributed by atoms with Crippen molar-refractivity contribution in [2.45, 2.75) is 6.10 Å². The van der Waals surface area contributed by atoms with Crippen LogP contribution in [-0.2, 0) is 0 Å². The van der Waals surface area contributed by atoms with Gasteiger partial charge in [0.2, 0.25) is 5.88 Å². The molecule has 4 nitrogen and oxygen atoms in total. The van der Waals surface area contributed by atoms with E-state index < -0.39 is 6.10 Å². The third kappa shape index (κ3) is 1.85. The normalized spacial score (nSPS) is 12.4. The van der Waals surface area contributed by atoms with Gasteiger partial charge in [0, 0.05) is 17.3 Å². The van der Waals surface area contributed by atoms with E-state index in [1.54, 1.807) is 24.4 Å². The van der Waals surface area contributed by atoms with Crippen molar-refractivity contribution in [3.05, 3.63) is 48.0 Å². The Bertz CT molecular complexity index is 425. The summed E-state index contributed by atoms with van der Waals surface area (Å²) < 4.78 is 9.97. The number of hydrogen-bond donors (Lipinski definition) is 1. The second kappa shape index (κ2) is 4.14. The van der Waals surface area contributed by atoms with Gasteiger partial charge >= 0.3 is 0 Å². The van der Waals surface area contributed by atoms with Gasteiger partial charge < -0.3 is 14.3 Å². The summed E-state index contributed by atoms with van der Waals surface area (Å²) in [4.78, 5) is 4.02. The van der Waals surface area contributed by atoms with Crippen LogP contribution in [0.25, 0.3) is 0 Å². The van der Waals surface area contributed by atoms with E-state index in [9.17, 15) is 5.11 Å². The molecule has 0 saturated carbocycles. The van der Waals surface area contributed by atoms with Gasteiger partial charge in [0.05, 0.1) is 19.6 Å². The van der Waals surface area contributed by atoms with Crippen LogP contribution in [0.15, 0.2) is 41.3 Å². The van der Waals surface area contributed by atoms with E-state index in [2.05, 4.69) is 4.98 Å². The van der Waals surface area contributed by atoms with Gasteiger partial charge in [-0.15, -0.1) is 0 Å². The molecule has 2 aromatic rings. The summed E-state index contributed by atoms with van der Waals surface area (Å²) in [6.45, 7) is 0. The van der Waals surface area contributed by atoms with Crippen molar-refractivity contribution in [2.75, 3.05) is 7.11 Å². The van der Waals surface area contributed by atoms with Gasteiger partial charge in [-0.2, -0.15) is 0 Å². The van der Waals surface area contributed by atoms with Crippen molar-refractivity contribution >= 4 is 0 Å². The minimum atomic E-state index is -0.771. The molecule has 2 rings (SSSR count). The summed E-state index contributed by atoms with van der Waals surface area (Å²) in [7, 11) is 1.52. The van der Waals surface area contributed by atoms with E-state index in [1.165, 1.54) is 19.6 Å². The number of ether oxygens (including phenoxy) is 1. The third-order valence-electron chi connectivity index (χ3n) is 2.15. The molecule has 1 unspecified atom stereocenters. The van der Waals surface area contributed by atoms with Crippen LogP contribution in [0, 0.1) is 0 Å². The number of aliphatic hydroxyl groups is 1. The molecule has 0 spiro atoms. The van der Waals surface area contributed by atoms with E-state index in [0.717, 1.165) is 0 Å². The first-order valence-electron chi connectivity index (χ1n) is 4.52. The Hall–Kier alpha value is -1.81. The van der Waals surface area contributed by atoms with Crippen molar-refractivity contribution in [1.82, 2.24) is 4.98 Å². The largest absolute Gasteiger partial charge is 0.481 e. The van der Waals surface area contributed by atoms with Crippen LogP contribution in [0.1, 0.15) is 17.2 Å². The van der Waals surface area contributed by atoms with Crippen molar-refractivity contribution in [2.24, 2.45) is 0 Å². The van der Waals surface area contributed by atoms with Crippen LogP contribution in [0.3, 0.4) is 0 Å². The first-order valence-corrected chi connectivity index (χ1v) is 4.52. The van der Waals surface area contributed by atoms with Gasteiger partial charge in [-0.25, -0.2) is 4.98 Å². The Labute approximate surface area is 87.1 Å². The van der Waals surface area contributed by atoms with Gasteiger partial charge in [0.15, 0.2) is 0 Å². The summed E-state index contributed by atoms with van der Waals surface area (Å²) in [5.74, 6) is 0.422. The maximum atomic E-state index is 10.0. The highest BCUT2D eigenvalue weighted by molar-refractivity contribution is 5.34. The fourth-order valence-corrected chi connectivity index (χ4v) is 1.39. The Morgan fingerprint density at radius 2 is 2.33 bits per heavy atom. The molecule has 0 aliphatic carbocycles. The second-order valence-electron chi connectivity index (χ2n) is 3.06. The molecule has 0 aliphatic rings. The lowest BCUT2D eigenvalue weighted by Gasteiger charge is -2.11. The highest BCUT2D eigenvalue weighted by Gasteiger charge is 2.16. The van der Waals surface area contributed by atoms with Gasteiger partial charge in [-0.05, 0) is 18.2 Å². The molecule has 0 radical (unpaired) electrons. The van der Waals surface area contributed by atoms with Crippen molar-refractivity contribution in [3.8, 4) is 5.88 Å². The molecule has 2 heterocycles. The highest BCUT2D eigenvalue weighted by atomic mass is 16.5. The molecule has 0 fully saturated rings. The van der Waals surface area contributed by atoms with Gasteiger partial charge in [-0.1, -0.05) is 0 Å². The molecular formula is C11H11NO3. The van der Waals surface area contributed by atoms with E-state index in [-0.39, 0.29) is 0 Å². The fraction of sp³-hybridized carbons (Fsp3) is 0.182. The maximum Gasteiger partial charge on any atom is 0.219 e. The number of pyridine rings is 1. The predicted octanol–water partition coefficient (Wildman–Crippen LogP) is 1.76. The maximum absolute atomic E-state index is 10.0. The summed E-state index contributed by atoms with van der Waals surface area (Å²) >= 11 is 0. The summed E-state index contributed by atoms with van der Waals surface area (Å²) in [5.41, 5.74) is 1.31. The molecule has 78 valence electrons.